The number of ether oxygens (including phenoxy) is 1. The van der Waals surface area contributed by atoms with Crippen molar-refractivity contribution < 1.29 is 9.53 Å². The summed E-state index contributed by atoms with van der Waals surface area (Å²) in [4.78, 5) is 16.8. The molecule has 146 valence electrons. The number of hydrogen-bond donors (Lipinski definition) is 1. The summed E-state index contributed by atoms with van der Waals surface area (Å²) < 4.78 is 7.51. The van der Waals surface area contributed by atoms with Gasteiger partial charge in [-0.3, -0.25) is 9.69 Å². The van der Waals surface area contributed by atoms with E-state index in [1.807, 2.05) is 55.1 Å². The molecule has 1 fully saturated rings. The molecule has 2 aromatic rings. The van der Waals surface area contributed by atoms with Gasteiger partial charge in [-0.1, -0.05) is 33.6 Å². The summed E-state index contributed by atoms with van der Waals surface area (Å²) in [7, 11) is 3.55. The lowest BCUT2D eigenvalue weighted by Gasteiger charge is -2.56. The van der Waals surface area contributed by atoms with Crippen LogP contribution in [0.5, 0.6) is 5.75 Å². The summed E-state index contributed by atoms with van der Waals surface area (Å²) in [5.74, 6) is 0.307. The number of anilines is 1. The van der Waals surface area contributed by atoms with Gasteiger partial charge in [0, 0.05) is 29.8 Å². The Morgan fingerprint density at radius 2 is 1.93 bits per heavy atom. The van der Waals surface area contributed by atoms with E-state index >= 15 is 0 Å². The van der Waals surface area contributed by atoms with Crippen LogP contribution in [0.25, 0.3) is 0 Å². The molecular formula is C21H22BrN3O2S. The number of carbonyl (C=O) groups excluding carboxylic acids is 1. The summed E-state index contributed by atoms with van der Waals surface area (Å²) in [5, 5.41) is 3.97. The second-order valence-electron chi connectivity index (χ2n) is 7.65. The molecule has 0 saturated carbocycles. The number of carbonyl (C=O) groups is 1. The fourth-order valence-corrected chi connectivity index (χ4v) is 4.82. The normalized spacial score (nSPS) is 25.5. The van der Waals surface area contributed by atoms with Gasteiger partial charge in [0.05, 0.1) is 6.04 Å². The molecule has 2 bridgehead atoms. The monoisotopic (exact) mass is 459 g/mol. The molecule has 1 saturated heterocycles. The van der Waals surface area contributed by atoms with E-state index in [1.54, 1.807) is 19.0 Å². The average Bonchev–Trinajstić information content (AvgIpc) is 2.63. The smallest absolute Gasteiger partial charge is 0.233 e. The second-order valence-corrected chi connectivity index (χ2v) is 8.95. The number of nitrogens with zero attached hydrogens (tertiary/aromatic N) is 2. The van der Waals surface area contributed by atoms with Crippen molar-refractivity contribution >= 4 is 44.9 Å². The van der Waals surface area contributed by atoms with Crippen molar-refractivity contribution in [1.82, 2.24) is 10.2 Å². The first-order valence-electron chi connectivity index (χ1n) is 9.09. The van der Waals surface area contributed by atoms with Crippen LogP contribution in [0.1, 0.15) is 24.1 Å². The fourth-order valence-electron chi connectivity index (χ4n) is 4.14. The third kappa shape index (κ3) is 2.88. The maximum atomic E-state index is 13.3. The Labute approximate surface area is 178 Å². The van der Waals surface area contributed by atoms with Crippen molar-refractivity contribution in [3.63, 3.8) is 0 Å². The third-order valence-corrected chi connectivity index (χ3v) is 6.27. The molecule has 2 heterocycles. The van der Waals surface area contributed by atoms with Gasteiger partial charge in [0.25, 0.3) is 0 Å². The topological polar surface area (TPSA) is 44.8 Å². The number of benzene rings is 2. The number of thiocarbonyl (C=S) groups is 1. The molecule has 1 N–H and O–H groups in total. The van der Waals surface area contributed by atoms with E-state index in [4.69, 9.17) is 17.0 Å². The number of halogens is 1. The highest BCUT2D eigenvalue weighted by atomic mass is 79.9. The van der Waals surface area contributed by atoms with Crippen molar-refractivity contribution in [3.8, 4) is 5.75 Å². The number of fused-ring (bicyclic) bond motifs is 4. The zero-order valence-corrected chi connectivity index (χ0v) is 18.6. The first-order chi connectivity index (χ1) is 13.2. The van der Waals surface area contributed by atoms with Gasteiger partial charge in [-0.25, -0.2) is 0 Å². The van der Waals surface area contributed by atoms with Crippen molar-refractivity contribution in [1.29, 1.82) is 0 Å². The van der Waals surface area contributed by atoms with Gasteiger partial charge in [0.15, 0.2) is 10.8 Å². The number of hydrogen-bond acceptors (Lipinski definition) is 3. The SMILES string of the molecule is Cc1ccc2c(c1)[C@H]1NC(=S)N(c3ccc(Br)cc3)[C@@](C)(O2)[C@H]1C(=O)N(C)C. The van der Waals surface area contributed by atoms with Crippen LogP contribution in [0.2, 0.25) is 0 Å². The molecule has 0 radical (unpaired) electrons. The van der Waals surface area contributed by atoms with Crippen LogP contribution in [-0.4, -0.2) is 35.7 Å². The Kier molecular flexibility index (Phi) is 4.62. The molecule has 4 rings (SSSR count). The highest BCUT2D eigenvalue weighted by Gasteiger charge is 2.59. The maximum Gasteiger partial charge on any atom is 0.233 e. The maximum absolute atomic E-state index is 13.3. The molecule has 2 aliphatic heterocycles. The molecule has 7 heteroatoms. The lowest BCUT2D eigenvalue weighted by molar-refractivity contribution is -0.144. The highest BCUT2D eigenvalue weighted by molar-refractivity contribution is 9.10. The van der Waals surface area contributed by atoms with Gasteiger partial charge in [0.1, 0.15) is 11.7 Å². The largest absolute Gasteiger partial charge is 0.467 e. The summed E-state index contributed by atoms with van der Waals surface area (Å²) >= 11 is 9.21. The molecule has 28 heavy (non-hydrogen) atoms. The van der Waals surface area contributed by atoms with E-state index in [0.717, 1.165) is 27.0 Å². The number of rotatable bonds is 2. The van der Waals surface area contributed by atoms with Gasteiger partial charge >= 0.3 is 0 Å². The average molecular weight is 460 g/mol. The molecule has 2 aromatic carbocycles. The van der Waals surface area contributed by atoms with Crippen LogP contribution in [0.15, 0.2) is 46.9 Å². The number of aryl methyl sites for hydroxylation is 1. The summed E-state index contributed by atoms with van der Waals surface area (Å²) in [6, 6.07) is 13.7. The lowest BCUT2D eigenvalue weighted by Crippen LogP contribution is -2.72. The van der Waals surface area contributed by atoms with Gasteiger partial charge in [-0.15, -0.1) is 0 Å². The predicted octanol–water partition coefficient (Wildman–Crippen LogP) is 4.01. The predicted molar refractivity (Wildman–Crippen MR) is 117 cm³/mol. The van der Waals surface area contributed by atoms with Crippen molar-refractivity contribution in [2.75, 3.05) is 19.0 Å². The minimum Gasteiger partial charge on any atom is -0.467 e. The quantitative estimate of drug-likeness (QED) is 0.687. The molecule has 0 aliphatic carbocycles. The molecule has 5 nitrogen and oxygen atoms in total. The van der Waals surface area contributed by atoms with Crippen molar-refractivity contribution in [2.24, 2.45) is 5.92 Å². The van der Waals surface area contributed by atoms with Gasteiger partial charge < -0.3 is 15.0 Å². The first-order valence-corrected chi connectivity index (χ1v) is 10.3. The van der Waals surface area contributed by atoms with E-state index in [2.05, 4.69) is 27.3 Å². The molecule has 3 atom stereocenters. The summed E-state index contributed by atoms with van der Waals surface area (Å²) in [6.07, 6.45) is 0. The second kappa shape index (κ2) is 6.74. The highest BCUT2D eigenvalue weighted by Crippen LogP contribution is 2.50. The molecule has 0 spiro atoms. The zero-order chi connectivity index (χ0) is 20.2. The van der Waals surface area contributed by atoms with Crippen molar-refractivity contribution in [3.05, 3.63) is 58.1 Å². The minimum absolute atomic E-state index is 0.00299. The van der Waals surface area contributed by atoms with Crippen LogP contribution in [0.4, 0.5) is 5.69 Å². The third-order valence-electron chi connectivity index (χ3n) is 5.45. The molecule has 2 aliphatic rings. The Bertz CT molecular complexity index is 963. The number of amides is 1. The van der Waals surface area contributed by atoms with E-state index in [9.17, 15) is 4.79 Å². The minimum atomic E-state index is -0.954. The van der Waals surface area contributed by atoms with E-state index in [1.165, 1.54) is 0 Å². The van der Waals surface area contributed by atoms with Crippen LogP contribution < -0.4 is 15.0 Å². The summed E-state index contributed by atoms with van der Waals surface area (Å²) in [6.45, 7) is 3.98. The molecular weight excluding hydrogens is 438 g/mol. The fraction of sp³-hybridized carbons (Fsp3) is 0.333. The first kappa shape index (κ1) is 19.2. The van der Waals surface area contributed by atoms with Crippen molar-refractivity contribution in [2.45, 2.75) is 25.6 Å². The summed E-state index contributed by atoms with van der Waals surface area (Å²) in [5.41, 5.74) is 2.00. The van der Waals surface area contributed by atoms with Gasteiger partial charge in [-0.2, -0.15) is 0 Å². The van der Waals surface area contributed by atoms with Gasteiger partial charge in [0.2, 0.25) is 5.91 Å². The van der Waals surface area contributed by atoms with Crippen LogP contribution >= 0.6 is 28.1 Å². The Hall–Kier alpha value is -2.12. The van der Waals surface area contributed by atoms with Gasteiger partial charge in [-0.05, 0) is 56.4 Å². The number of nitrogens with one attached hydrogen (secondary N) is 1. The van der Waals surface area contributed by atoms with E-state index in [-0.39, 0.29) is 11.9 Å². The molecule has 0 unspecified atom stereocenters. The van der Waals surface area contributed by atoms with Crippen LogP contribution in [-0.2, 0) is 4.79 Å². The molecule has 0 aromatic heterocycles. The van der Waals surface area contributed by atoms with E-state index in [0.29, 0.717) is 5.11 Å². The van der Waals surface area contributed by atoms with E-state index < -0.39 is 11.6 Å². The standard InChI is InChI=1S/C21H22BrN3O2S/c1-12-5-10-16-15(11-12)18-17(19(26)24(3)4)21(2,27-16)25(20(28)23-18)14-8-6-13(22)7-9-14/h5-11,17-18H,1-4H3,(H,23,28)/t17-,18-,21+/m1/s1. The Morgan fingerprint density at radius 1 is 1.25 bits per heavy atom. The molecule has 1 amide bonds. The van der Waals surface area contributed by atoms with Crippen LogP contribution in [0, 0.1) is 12.8 Å². The van der Waals surface area contributed by atoms with Crippen LogP contribution in [0.3, 0.4) is 0 Å². The Balaban J connectivity index is 1.91. The Morgan fingerprint density at radius 3 is 2.57 bits per heavy atom. The zero-order valence-electron chi connectivity index (χ0n) is 16.2. The lowest BCUT2D eigenvalue weighted by atomic mass is 9.78.